The highest BCUT2D eigenvalue weighted by molar-refractivity contribution is 5.48. The zero-order valence-electron chi connectivity index (χ0n) is 16.0. The predicted octanol–water partition coefficient (Wildman–Crippen LogP) is 6.49. The predicted molar refractivity (Wildman–Crippen MR) is 110 cm³/mol. The van der Waals surface area contributed by atoms with Gasteiger partial charge in [0.2, 0.25) is 5.70 Å². The molecule has 0 heterocycles. The Balaban J connectivity index is 3.86. The minimum Gasteiger partial charge on any atom is -0.303 e. The van der Waals surface area contributed by atoms with Crippen molar-refractivity contribution in [3.8, 4) is 0 Å². The molecule has 0 aromatic rings. The Morgan fingerprint density at radius 2 is 1.42 bits per heavy atom. The minimum absolute atomic E-state index is 0.252. The van der Waals surface area contributed by atoms with Gasteiger partial charge in [0.25, 0.3) is 0 Å². The molecule has 0 rings (SSSR count). The number of carbonyl (C=O) groups is 1. The van der Waals surface area contributed by atoms with Gasteiger partial charge in [0.15, 0.2) is 0 Å². The lowest BCUT2D eigenvalue weighted by Gasteiger charge is -1.93. The van der Waals surface area contributed by atoms with Crippen LogP contribution in [0.25, 0.3) is 0 Å². The van der Waals surface area contributed by atoms with Gasteiger partial charge in [0.05, 0.1) is 11.3 Å². The molecule has 0 aliphatic rings. The number of allylic oxidation sites excluding steroid dienone is 9. The van der Waals surface area contributed by atoms with Crippen molar-refractivity contribution < 1.29 is 9.72 Å². The molecule has 0 fully saturated rings. The highest BCUT2D eigenvalue weighted by atomic mass is 16.6. The third-order valence-electron chi connectivity index (χ3n) is 3.69. The van der Waals surface area contributed by atoms with Crippen LogP contribution < -0.4 is 0 Å². The van der Waals surface area contributed by atoms with E-state index in [0.717, 1.165) is 51.2 Å². The van der Waals surface area contributed by atoms with E-state index < -0.39 is 0 Å². The minimum atomic E-state index is -0.302. The second kappa shape index (κ2) is 19.1. The molecule has 0 aliphatic carbocycles. The third-order valence-corrected chi connectivity index (χ3v) is 3.69. The second-order valence-corrected chi connectivity index (χ2v) is 5.96. The van der Waals surface area contributed by atoms with E-state index in [4.69, 9.17) is 0 Å². The lowest BCUT2D eigenvalue weighted by atomic mass is 10.1. The van der Waals surface area contributed by atoms with Crippen LogP contribution in [0.15, 0.2) is 60.4 Å². The Labute approximate surface area is 158 Å². The Morgan fingerprint density at radius 3 is 2.08 bits per heavy atom. The number of carbonyl (C=O) groups excluding carboxylic acids is 1. The van der Waals surface area contributed by atoms with Crippen molar-refractivity contribution in [2.75, 3.05) is 0 Å². The van der Waals surface area contributed by atoms with Crippen molar-refractivity contribution >= 4 is 6.29 Å². The average molecular weight is 360 g/mol. The van der Waals surface area contributed by atoms with E-state index in [1.165, 1.54) is 0 Å². The molecule has 0 saturated heterocycles. The first kappa shape index (κ1) is 23.8. The van der Waals surface area contributed by atoms with Crippen LogP contribution in [0.5, 0.6) is 0 Å². The van der Waals surface area contributed by atoms with E-state index in [9.17, 15) is 14.9 Å². The number of nitrogens with zero attached hydrogens (tertiary/aromatic N) is 1. The summed E-state index contributed by atoms with van der Waals surface area (Å²) in [5.74, 6) is 0. The van der Waals surface area contributed by atoms with Crippen LogP contribution >= 0.6 is 0 Å². The molecule has 0 aliphatic heterocycles. The van der Waals surface area contributed by atoms with E-state index >= 15 is 0 Å². The molecule has 4 nitrogen and oxygen atoms in total. The Morgan fingerprint density at radius 1 is 0.808 bits per heavy atom. The number of rotatable bonds is 16. The average Bonchev–Trinajstić information content (AvgIpc) is 2.63. The molecule has 0 aromatic carbocycles. The van der Waals surface area contributed by atoms with Crippen molar-refractivity contribution in [2.45, 2.75) is 71.1 Å². The van der Waals surface area contributed by atoms with Gasteiger partial charge in [-0.05, 0) is 51.0 Å². The molecule has 0 saturated carbocycles. The van der Waals surface area contributed by atoms with Gasteiger partial charge in [-0.1, -0.05) is 62.0 Å². The fraction of sp³-hybridized carbons (Fsp3) is 0.500. The number of unbranched alkanes of at least 4 members (excludes halogenated alkanes) is 4. The summed E-state index contributed by atoms with van der Waals surface area (Å²) in [6, 6.07) is 0. The van der Waals surface area contributed by atoms with Gasteiger partial charge in [0.1, 0.15) is 6.29 Å². The Hall–Kier alpha value is -2.23. The third kappa shape index (κ3) is 16.6. The number of hydrogen-bond acceptors (Lipinski definition) is 3. The molecule has 0 spiro atoms. The maximum atomic E-state index is 11.0. The fourth-order valence-corrected chi connectivity index (χ4v) is 2.23. The van der Waals surface area contributed by atoms with Gasteiger partial charge in [-0.25, -0.2) is 0 Å². The topological polar surface area (TPSA) is 60.2 Å². The zero-order valence-corrected chi connectivity index (χ0v) is 16.0. The summed E-state index contributed by atoms with van der Waals surface area (Å²) in [6.45, 7) is 2.04. The van der Waals surface area contributed by atoms with Crippen molar-refractivity contribution in [1.29, 1.82) is 0 Å². The molecule has 26 heavy (non-hydrogen) atoms. The Bertz CT molecular complexity index is 513. The van der Waals surface area contributed by atoms with Gasteiger partial charge < -0.3 is 4.79 Å². The fourth-order valence-electron chi connectivity index (χ4n) is 2.23. The van der Waals surface area contributed by atoms with E-state index in [2.05, 4.69) is 24.3 Å². The van der Waals surface area contributed by atoms with Gasteiger partial charge in [-0.15, -0.1) is 0 Å². The van der Waals surface area contributed by atoms with Crippen molar-refractivity contribution in [1.82, 2.24) is 0 Å². The summed E-state index contributed by atoms with van der Waals surface area (Å²) < 4.78 is 0. The van der Waals surface area contributed by atoms with Crippen LogP contribution in [-0.2, 0) is 4.79 Å². The lowest BCUT2D eigenvalue weighted by Crippen LogP contribution is -1.97. The maximum Gasteiger partial charge on any atom is 0.246 e. The smallest absolute Gasteiger partial charge is 0.246 e. The molecule has 0 aromatic heterocycles. The Kier molecular flexibility index (Phi) is 17.5. The molecular weight excluding hydrogens is 326 g/mol. The molecule has 0 amide bonds. The largest absolute Gasteiger partial charge is 0.303 e. The number of hydrogen-bond donors (Lipinski definition) is 0. The SMILES string of the molecule is CC/C=C\C/C=C(\C/C=C\C/C=C\C/C=C\CCCCCC=O)[N+](=O)[O-]. The first-order chi connectivity index (χ1) is 12.7. The van der Waals surface area contributed by atoms with Crippen molar-refractivity contribution in [3.63, 3.8) is 0 Å². The first-order valence-corrected chi connectivity index (χ1v) is 9.59. The molecule has 4 heteroatoms. The molecule has 0 unspecified atom stereocenters. The number of aldehydes is 1. The summed E-state index contributed by atoms with van der Waals surface area (Å²) in [6.07, 6.45) is 27.6. The lowest BCUT2D eigenvalue weighted by molar-refractivity contribution is -0.427. The van der Waals surface area contributed by atoms with Gasteiger partial charge in [0, 0.05) is 6.42 Å². The normalized spacial score (nSPS) is 12.9. The number of nitro groups is 1. The molecule has 0 bridgehead atoms. The quantitative estimate of drug-likeness (QED) is 0.104. The monoisotopic (exact) mass is 359 g/mol. The van der Waals surface area contributed by atoms with E-state index in [0.29, 0.717) is 19.3 Å². The van der Waals surface area contributed by atoms with E-state index in [1.807, 2.05) is 31.2 Å². The maximum absolute atomic E-state index is 11.0. The summed E-state index contributed by atoms with van der Waals surface area (Å²) in [7, 11) is 0. The van der Waals surface area contributed by atoms with E-state index in [-0.39, 0.29) is 10.6 Å². The van der Waals surface area contributed by atoms with E-state index in [1.54, 1.807) is 6.08 Å². The van der Waals surface area contributed by atoms with Gasteiger partial charge in [-0.3, -0.25) is 10.1 Å². The zero-order chi connectivity index (χ0) is 19.3. The molecule has 144 valence electrons. The summed E-state index contributed by atoms with van der Waals surface area (Å²) in [5.41, 5.74) is 0.252. The van der Waals surface area contributed by atoms with Crippen LogP contribution in [0.3, 0.4) is 0 Å². The van der Waals surface area contributed by atoms with Gasteiger partial charge >= 0.3 is 0 Å². The highest BCUT2D eigenvalue weighted by Crippen LogP contribution is 2.07. The molecular formula is C22H33NO3. The molecule has 0 N–H and O–H groups in total. The molecule has 0 atom stereocenters. The van der Waals surface area contributed by atoms with Gasteiger partial charge in [-0.2, -0.15) is 0 Å². The molecule has 0 radical (unpaired) electrons. The highest BCUT2D eigenvalue weighted by Gasteiger charge is 2.06. The van der Waals surface area contributed by atoms with Crippen LogP contribution in [0.4, 0.5) is 0 Å². The van der Waals surface area contributed by atoms with Crippen molar-refractivity contribution in [3.05, 3.63) is 70.5 Å². The van der Waals surface area contributed by atoms with Crippen LogP contribution in [-0.4, -0.2) is 11.2 Å². The first-order valence-electron chi connectivity index (χ1n) is 9.59. The standard InChI is InChI=1S/C22H33NO3/c1-2-3-4-16-19-22(23(25)26)20-17-14-12-10-8-6-5-7-9-11-13-15-18-21-24/h3-5,7-8,10,14,17,19,21H,2,6,9,11-13,15-16,18,20H2,1H3/b4-3-,7-5-,10-8-,17-14-,22-19+. The van der Waals surface area contributed by atoms with Crippen molar-refractivity contribution in [2.24, 2.45) is 0 Å². The van der Waals surface area contributed by atoms with Crippen LogP contribution in [0.2, 0.25) is 0 Å². The second-order valence-electron chi connectivity index (χ2n) is 5.96. The summed E-state index contributed by atoms with van der Waals surface area (Å²) in [4.78, 5) is 20.8. The van der Waals surface area contributed by atoms with Crippen LogP contribution in [0, 0.1) is 10.1 Å². The summed E-state index contributed by atoms with van der Waals surface area (Å²) in [5, 5.41) is 11.0. The van der Waals surface area contributed by atoms with Crippen LogP contribution in [0.1, 0.15) is 71.1 Å². The summed E-state index contributed by atoms with van der Waals surface area (Å²) >= 11 is 0.